The van der Waals surface area contributed by atoms with Crippen molar-refractivity contribution >= 4 is 44.8 Å². The van der Waals surface area contributed by atoms with Crippen molar-refractivity contribution in [3.63, 3.8) is 0 Å². The number of guanidine groups is 1. The molecule has 0 aliphatic carbocycles. The highest BCUT2D eigenvalue weighted by Crippen LogP contribution is 2.29. The Bertz CT molecular complexity index is 947. The van der Waals surface area contributed by atoms with Crippen molar-refractivity contribution in [3.8, 4) is 0 Å². The molecule has 30 heavy (non-hydrogen) atoms. The number of fused-ring (bicyclic) bond motifs is 1. The van der Waals surface area contributed by atoms with Crippen LogP contribution >= 0.6 is 23.1 Å². The first-order chi connectivity index (χ1) is 14.7. The van der Waals surface area contributed by atoms with Gasteiger partial charge in [0.2, 0.25) is 0 Å². The lowest BCUT2D eigenvalue weighted by atomic mass is 10.2. The fourth-order valence-corrected chi connectivity index (χ4v) is 5.47. The lowest BCUT2D eigenvalue weighted by Gasteiger charge is -2.28. The number of thiophene rings is 1. The monoisotopic (exact) mass is 440 g/mol. The van der Waals surface area contributed by atoms with Crippen LogP contribution in [0.5, 0.6) is 0 Å². The van der Waals surface area contributed by atoms with E-state index in [-0.39, 0.29) is 0 Å². The van der Waals surface area contributed by atoms with Crippen LogP contribution in [0.25, 0.3) is 10.1 Å². The average Bonchev–Trinajstić information content (AvgIpc) is 3.24. The molecule has 1 atom stereocenters. The summed E-state index contributed by atoms with van der Waals surface area (Å²) in [6.45, 7) is 3.36. The van der Waals surface area contributed by atoms with Gasteiger partial charge >= 0.3 is 0 Å². The summed E-state index contributed by atoms with van der Waals surface area (Å²) in [5.41, 5.74) is 2.51. The summed E-state index contributed by atoms with van der Waals surface area (Å²) in [7, 11) is 1.75. The standard InChI is InChI=1S/C23H28N4OS2/c1-24-23(26-16-20(28)22-14-18-4-2-3-5-21(18)30-22)25-15-17-6-8-19(9-7-17)27-10-12-29-13-11-27/h2-9,14,20,28H,10-13,15-16H2,1H3,(H2,24,25,26). The van der Waals surface area contributed by atoms with E-state index in [9.17, 15) is 5.11 Å². The van der Waals surface area contributed by atoms with Crippen molar-refractivity contribution in [2.75, 3.05) is 43.1 Å². The number of aliphatic imine (C=N–C) groups is 1. The van der Waals surface area contributed by atoms with Gasteiger partial charge in [-0.25, -0.2) is 0 Å². The number of hydrogen-bond donors (Lipinski definition) is 3. The minimum atomic E-state index is -0.567. The Kier molecular flexibility index (Phi) is 7.15. The van der Waals surface area contributed by atoms with Gasteiger partial charge in [-0.05, 0) is 35.2 Å². The van der Waals surface area contributed by atoms with E-state index in [1.807, 2.05) is 23.9 Å². The van der Waals surface area contributed by atoms with Crippen molar-refractivity contribution in [1.29, 1.82) is 0 Å². The molecule has 0 radical (unpaired) electrons. The second-order valence-corrected chi connectivity index (χ2v) is 9.62. The molecule has 2 heterocycles. The summed E-state index contributed by atoms with van der Waals surface area (Å²) < 4.78 is 1.20. The highest BCUT2D eigenvalue weighted by molar-refractivity contribution is 7.99. The summed E-state index contributed by atoms with van der Waals surface area (Å²) in [5, 5.41) is 18.3. The fourth-order valence-electron chi connectivity index (χ4n) is 3.51. The van der Waals surface area contributed by atoms with Gasteiger partial charge in [-0.15, -0.1) is 11.3 Å². The van der Waals surface area contributed by atoms with E-state index in [1.165, 1.54) is 32.8 Å². The van der Waals surface area contributed by atoms with Gasteiger partial charge in [-0.1, -0.05) is 30.3 Å². The second kappa shape index (κ2) is 10.2. The first-order valence-corrected chi connectivity index (χ1v) is 12.2. The molecule has 0 bridgehead atoms. The lowest BCUT2D eigenvalue weighted by Crippen LogP contribution is -2.38. The molecule has 1 saturated heterocycles. The van der Waals surface area contributed by atoms with E-state index in [0.29, 0.717) is 19.0 Å². The normalized spacial score (nSPS) is 15.9. The highest BCUT2D eigenvalue weighted by Gasteiger charge is 2.13. The molecule has 1 unspecified atom stereocenters. The van der Waals surface area contributed by atoms with Crippen LogP contribution in [0, 0.1) is 0 Å². The number of rotatable bonds is 6. The molecule has 1 fully saturated rings. The predicted molar refractivity (Wildman–Crippen MR) is 131 cm³/mol. The Morgan fingerprint density at radius 1 is 1.10 bits per heavy atom. The van der Waals surface area contributed by atoms with Crippen LogP contribution in [0.2, 0.25) is 0 Å². The van der Waals surface area contributed by atoms with Crippen LogP contribution < -0.4 is 15.5 Å². The molecule has 4 rings (SSSR count). The molecule has 0 amide bonds. The zero-order valence-corrected chi connectivity index (χ0v) is 18.8. The van der Waals surface area contributed by atoms with Gasteiger partial charge in [-0.3, -0.25) is 4.99 Å². The van der Waals surface area contributed by atoms with Gasteiger partial charge < -0.3 is 20.6 Å². The van der Waals surface area contributed by atoms with Crippen LogP contribution in [0.1, 0.15) is 16.5 Å². The van der Waals surface area contributed by atoms with E-state index in [2.05, 4.69) is 63.0 Å². The average molecular weight is 441 g/mol. The molecule has 2 aromatic carbocycles. The zero-order chi connectivity index (χ0) is 20.8. The Labute approximate surface area is 186 Å². The lowest BCUT2D eigenvalue weighted by molar-refractivity contribution is 0.184. The fraction of sp³-hybridized carbons (Fsp3) is 0.348. The highest BCUT2D eigenvalue weighted by atomic mass is 32.2. The molecular weight excluding hydrogens is 412 g/mol. The third kappa shape index (κ3) is 5.28. The van der Waals surface area contributed by atoms with E-state index in [4.69, 9.17) is 0 Å². The van der Waals surface area contributed by atoms with Crippen molar-refractivity contribution in [3.05, 3.63) is 65.0 Å². The number of anilines is 1. The maximum atomic E-state index is 10.6. The maximum absolute atomic E-state index is 10.6. The zero-order valence-electron chi connectivity index (χ0n) is 17.2. The first kappa shape index (κ1) is 21.0. The Morgan fingerprint density at radius 2 is 1.87 bits per heavy atom. The SMILES string of the molecule is CN=C(NCc1ccc(N2CCSCC2)cc1)NCC(O)c1cc2ccccc2s1. The van der Waals surface area contributed by atoms with Crippen LogP contribution in [-0.2, 0) is 6.54 Å². The summed E-state index contributed by atoms with van der Waals surface area (Å²) in [6.07, 6.45) is -0.567. The van der Waals surface area contributed by atoms with E-state index >= 15 is 0 Å². The van der Waals surface area contributed by atoms with Gasteiger partial charge in [0.25, 0.3) is 0 Å². The summed E-state index contributed by atoms with van der Waals surface area (Å²) in [6, 6.07) is 19.0. The van der Waals surface area contributed by atoms with Gasteiger partial charge in [0, 0.05) is 60.0 Å². The summed E-state index contributed by atoms with van der Waals surface area (Å²) in [5.74, 6) is 3.10. The van der Waals surface area contributed by atoms with Gasteiger partial charge in [0.1, 0.15) is 6.10 Å². The molecule has 7 heteroatoms. The number of aliphatic hydroxyl groups excluding tert-OH is 1. The number of hydrogen-bond acceptors (Lipinski definition) is 5. The van der Waals surface area contributed by atoms with Gasteiger partial charge in [-0.2, -0.15) is 11.8 Å². The smallest absolute Gasteiger partial charge is 0.191 e. The van der Waals surface area contributed by atoms with E-state index in [0.717, 1.165) is 18.0 Å². The largest absolute Gasteiger partial charge is 0.386 e. The second-order valence-electron chi connectivity index (χ2n) is 7.27. The van der Waals surface area contributed by atoms with Crippen molar-refractivity contribution in [2.45, 2.75) is 12.6 Å². The van der Waals surface area contributed by atoms with Gasteiger partial charge in [0.15, 0.2) is 5.96 Å². The van der Waals surface area contributed by atoms with Crippen LogP contribution in [0.15, 0.2) is 59.6 Å². The first-order valence-electron chi connectivity index (χ1n) is 10.3. The third-order valence-corrected chi connectivity index (χ3v) is 7.39. The molecule has 0 spiro atoms. The number of nitrogens with zero attached hydrogens (tertiary/aromatic N) is 2. The van der Waals surface area contributed by atoms with Crippen molar-refractivity contribution < 1.29 is 5.11 Å². The number of benzene rings is 2. The molecule has 1 aliphatic heterocycles. The Hall–Kier alpha value is -2.22. The number of thioether (sulfide) groups is 1. The van der Waals surface area contributed by atoms with E-state index < -0.39 is 6.10 Å². The summed E-state index contributed by atoms with van der Waals surface area (Å²) in [4.78, 5) is 7.69. The molecular formula is C23H28N4OS2. The van der Waals surface area contributed by atoms with Crippen molar-refractivity contribution in [2.24, 2.45) is 4.99 Å². The molecule has 158 valence electrons. The predicted octanol–water partition coefficient (Wildman–Crippen LogP) is 3.85. The molecule has 3 aromatic rings. The third-order valence-electron chi connectivity index (χ3n) is 5.23. The molecule has 1 aliphatic rings. The van der Waals surface area contributed by atoms with Gasteiger partial charge in [0.05, 0.1) is 0 Å². The quantitative estimate of drug-likeness (QED) is 0.401. The molecule has 3 N–H and O–H groups in total. The topological polar surface area (TPSA) is 59.9 Å². The summed E-state index contributed by atoms with van der Waals surface area (Å²) >= 11 is 3.66. The number of aliphatic hydroxyl groups is 1. The van der Waals surface area contributed by atoms with Crippen LogP contribution in [0.4, 0.5) is 5.69 Å². The minimum Gasteiger partial charge on any atom is -0.386 e. The Balaban J connectivity index is 1.27. The van der Waals surface area contributed by atoms with E-state index in [1.54, 1.807) is 18.4 Å². The van der Waals surface area contributed by atoms with Crippen LogP contribution in [-0.4, -0.2) is 49.3 Å². The Morgan fingerprint density at radius 3 is 2.60 bits per heavy atom. The molecule has 5 nitrogen and oxygen atoms in total. The number of nitrogens with one attached hydrogen (secondary N) is 2. The molecule has 1 aromatic heterocycles. The minimum absolute atomic E-state index is 0.415. The maximum Gasteiger partial charge on any atom is 0.191 e. The molecule has 0 saturated carbocycles. The van der Waals surface area contributed by atoms with Crippen molar-refractivity contribution in [1.82, 2.24) is 10.6 Å². The van der Waals surface area contributed by atoms with Crippen LogP contribution in [0.3, 0.4) is 0 Å².